The van der Waals surface area contributed by atoms with E-state index in [0.29, 0.717) is 24.2 Å². The third-order valence-electron chi connectivity index (χ3n) is 4.42. The molecule has 7 nitrogen and oxygen atoms in total. The van der Waals surface area contributed by atoms with Gasteiger partial charge in [0.15, 0.2) is 0 Å². The highest BCUT2D eigenvalue weighted by Gasteiger charge is 2.42. The van der Waals surface area contributed by atoms with Gasteiger partial charge >= 0.3 is 5.97 Å². The van der Waals surface area contributed by atoms with Crippen LogP contribution in [0.4, 0.5) is 0 Å². The highest BCUT2D eigenvalue weighted by molar-refractivity contribution is 5.98. The number of amides is 1. The molecule has 0 saturated heterocycles. The third kappa shape index (κ3) is 3.15. The Balaban J connectivity index is 1.76. The summed E-state index contributed by atoms with van der Waals surface area (Å²) in [5.74, 6) is -0.0186. The minimum absolute atomic E-state index is 0.313. The number of nitrogens with zero attached hydrogens (tertiary/aromatic N) is 3. The molecule has 24 heavy (non-hydrogen) atoms. The topological polar surface area (TPSA) is 86.1 Å². The second kappa shape index (κ2) is 6.82. The highest BCUT2D eigenvalue weighted by atomic mass is 16.5. The van der Waals surface area contributed by atoms with Gasteiger partial charge in [0.1, 0.15) is 17.7 Å². The zero-order valence-electron chi connectivity index (χ0n) is 13.6. The summed E-state index contributed by atoms with van der Waals surface area (Å²) in [5, 5.41) is 2.88. The third-order valence-corrected chi connectivity index (χ3v) is 4.42. The summed E-state index contributed by atoms with van der Waals surface area (Å²) < 4.78 is 6.67. The van der Waals surface area contributed by atoms with Gasteiger partial charge in [-0.3, -0.25) is 9.36 Å². The summed E-state index contributed by atoms with van der Waals surface area (Å²) in [7, 11) is 1.35. The van der Waals surface area contributed by atoms with E-state index in [2.05, 4.69) is 15.3 Å². The molecule has 1 amide bonds. The van der Waals surface area contributed by atoms with Crippen molar-refractivity contribution in [2.45, 2.75) is 37.6 Å². The first-order valence-electron chi connectivity index (χ1n) is 8.00. The Hall–Kier alpha value is -2.70. The molecule has 3 rings (SSSR count). The highest BCUT2D eigenvalue weighted by Crippen LogP contribution is 2.29. The molecule has 0 bridgehead atoms. The van der Waals surface area contributed by atoms with E-state index in [1.807, 2.05) is 0 Å². The molecule has 2 heterocycles. The van der Waals surface area contributed by atoms with Crippen LogP contribution in [0.1, 0.15) is 42.5 Å². The number of nitrogens with one attached hydrogen (secondary N) is 1. The molecule has 0 aliphatic heterocycles. The van der Waals surface area contributed by atoms with Crippen LogP contribution >= 0.6 is 0 Å². The van der Waals surface area contributed by atoms with Crippen molar-refractivity contribution in [3.8, 4) is 5.82 Å². The number of hydrogen-bond acceptors (Lipinski definition) is 5. The summed E-state index contributed by atoms with van der Waals surface area (Å²) >= 11 is 0. The van der Waals surface area contributed by atoms with Crippen molar-refractivity contribution in [3.63, 3.8) is 0 Å². The second-order valence-corrected chi connectivity index (χ2v) is 5.96. The van der Waals surface area contributed by atoms with E-state index in [9.17, 15) is 9.59 Å². The van der Waals surface area contributed by atoms with Gasteiger partial charge in [-0.2, -0.15) is 0 Å². The van der Waals surface area contributed by atoms with E-state index in [4.69, 9.17) is 4.74 Å². The zero-order valence-corrected chi connectivity index (χ0v) is 13.6. The smallest absolute Gasteiger partial charge is 0.331 e. The predicted octanol–water partition coefficient (Wildman–Crippen LogP) is 1.87. The van der Waals surface area contributed by atoms with Crippen LogP contribution in [-0.4, -0.2) is 39.1 Å². The van der Waals surface area contributed by atoms with Gasteiger partial charge in [-0.05, 0) is 25.0 Å². The number of carbonyl (C=O) groups excluding carboxylic acids is 2. The Kier molecular flexibility index (Phi) is 4.59. The summed E-state index contributed by atoms with van der Waals surface area (Å²) in [4.78, 5) is 33.0. The number of hydrogen-bond donors (Lipinski definition) is 1. The molecule has 2 aromatic rings. The lowest BCUT2D eigenvalue weighted by atomic mass is 9.81. The molecule has 7 heteroatoms. The molecule has 2 aromatic heterocycles. The van der Waals surface area contributed by atoms with Crippen LogP contribution < -0.4 is 5.32 Å². The van der Waals surface area contributed by atoms with Crippen LogP contribution in [0.15, 0.2) is 37.1 Å². The van der Waals surface area contributed by atoms with Gasteiger partial charge in [0.2, 0.25) is 0 Å². The van der Waals surface area contributed by atoms with E-state index in [-0.39, 0.29) is 11.9 Å². The van der Waals surface area contributed by atoms with Gasteiger partial charge in [-0.1, -0.05) is 19.3 Å². The monoisotopic (exact) mass is 328 g/mol. The Labute approximate surface area is 140 Å². The first kappa shape index (κ1) is 16.2. The molecule has 1 fully saturated rings. The van der Waals surface area contributed by atoms with Gasteiger partial charge < -0.3 is 10.1 Å². The fraction of sp³-hybridized carbons (Fsp3) is 0.412. The van der Waals surface area contributed by atoms with E-state index in [1.54, 1.807) is 35.4 Å². The van der Waals surface area contributed by atoms with Crippen LogP contribution in [-0.2, 0) is 9.53 Å². The molecular formula is C17H20N4O3. The van der Waals surface area contributed by atoms with Crippen molar-refractivity contribution < 1.29 is 14.3 Å². The summed E-state index contributed by atoms with van der Waals surface area (Å²) in [6.07, 6.45) is 10.6. The van der Waals surface area contributed by atoms with Gasteiger partial charge in [0.25, 0.3) is 5.91 Å². The largest absolute Gasteiger partial charge is 0.467 e. The lowest BCUT2D eigenvalue weighted by molar-refractivity contribution is -0.149. The van der Waals surface area contributed by atoms with Crippen LogP contribution in [0.5, 0.6) is 0 Å². The van der Waals surface area contributed by atoms with Crippen molar-refractivity contribution in [2.24, 2.45) is 0 Å². The molecule has 0 aromatic carbocycles. The van der Waals surface area contributed by atoms with Crippen LogP contribution in [0.3, 0.4) is 0 Å². The Morgan fingerprint density at radius 2 is 2.04 bits per heavy atom. The number of esters is 1. The van der Waals surface area contributed by atoms with Crippen molar-refractivity contribution in [2.75, 3.05) is 7.11 Å². The second-order valence-electron chi connectivity index (χ2n) is 5.96. The zero-order chi connectivity index (χ0) is 17.0. The minimum Gasteiger partial charge on any atom is -0.467 e. The molecular weight excluding hydrogens is 308 g/mol. The Morgan fingerprint density at radius 3 is 2.62 bits per heavy atom. The molecule has 0 radical (unpaired) electrons. The van der Waals surface area contributed by atoms with Crippen LogP contribution in [0.2, 0.25) is 0 Å². The number of rotatable bonds is 4. The average Bonchev–Trinajstić information content (AvgIpc) is 3.16. The lowest BCUT2D eigenvalue weighted by Crippen LogP contribution is -2.56. The first-order valence-corrected chi connectivity index (χ1v) is 8.00. The standard InChI is InChI=1S/C17H20N4O3/c1-24-16(23)17(7-3-2-4-8-17)20-15(22)13-5-6-14(19-11-13)21-10-9-18-12-21/h5-6,9-12H,2-4,7-8H2,1H3,(H,20,22). The molecule has 1 N–H and O–H groups in total. The van der Waals surface area contributed by atoms with Gasteiger partial charge in [0.05, 0.1) is 12.7 Å². The molecule has 0 spiro atoms. The maximum atomic E-state index is 12.6. The number of ether oxygens (including phenoxy) is 1. The fourth-order valence-corrected chi connectivity index (χ4v) is 3.09. The maximum absolute atomic E-state index is 12.6. The molecule has 1 aliphatic carbocycles. The van der Waals surface area contributed by atoms with Gasteiger partial charge in [-0.15, -0.1) is 0 Å². The molecule has 1 aliphatic rings. The molecule has 0 unspecified atom stereocenters. The number of pyridine rings is 1. The summed E-state index contributed by atoms with van der Waals surface area (Å²) in [6, 6.07) is 3.42. The Bertz CT molecular complexity index is 704. The van der Waals surface area contributed by atoms with Crippen LogP contribution in [0.25, 0.3) is 5.82 Å². The molecule has 0 atom stereocenters. The number of methoxy groups -OCH3 is 1. The van der Waals surface area contributed by atoms with Crippen molar-refractivity contribution in [3.05, 3.63) is 42.6 Å². The number of carbonyl (C=O) groups is 2. The quantitative estimate of drug-likeness (QED) is 0.866. The minimum atomic E-state index is -0.924. The van der Waals surface area contributed by atoms with E-state index in [0.717, 1.165) is 19.3 Å². The summed E-state index contributed by atoms with van der Waals surface area (Å²) in [5.41, 5.74) is -0.514. The Morgan fingerprint density at radius 1 is 1.25 bits per heavy atom. The molecule has 1 saturated carbocycles. The van der Waals surface area contributed by atoms with Crippen LogP contribution in [0, 0.1) is 0 Å². The van der Waals surface area contributed by atoms with E-state index >= 15 is 0 Å². The number of imidazole rings is 1. The summed E-state index contributed by atoms with van der Waals surface area (Å²) in [6.45, 7) is 0. The molecule has 126 valence electrons. The number of aromatic nitrogens is 3. The average molecular weight is 328 g/mol. The van der Waals surface area contributed by atoms with Gasteiger partial charge in [-0.25, -0.2) is 14.8 Å². The normalized spacial score (nSPS) is 16.4. The van der Waals surface area contributed by atoms with Crippen molar-refractivity contribution in [1.29, 1.82) is 0 Å². The predicted molar refractivity (Wildman–Crippen MR) is 86.7 cm³/mol. The lowest BCUT2D eigenvalue weighted by Gasteiger charge is -2.35. The van der Waals surface area contributed by atoms with Gasteiger partial charge in [0, 0.05) is 18.6 Å². The first-order chi connectivity index (χ1) is 11.6. The maximum Gasteiger partial charge on any atom is 0.331 e. The van der Waals surface area contributed by atoms with Crippen molar-refractivity contribution >= 4 is 11.9 Å². The SMILES string of the molecule is COC(=O)C1(NC(=O)c2ccc(-n3ccnc3)nc2)CCCCC1. The van der Waals surface area contributed by atoms with Crippen molar-refractivity contribution in [1.82, 2.24) is 19.9 Å². The van der Waals surface area contributed by atoms with E-state index in [1.165, 1.54) is 13.3 Å². The van der Waals surface area contributed by atoms with E-state index < -0.39 is 5.54 Å². The fourth-order valence-electron chi connectivity index (χ4n) is 3.09.